The smallest absolute Gasteiger partial charge is 0.349 e. The number of anilines is 1. The molecule has 4 atom stereocenters. The van der Waals surface area contributed by atoms with Gasteiger partial charge in [0.15, 0.2) is 0 Å². The number of nitrogen functional groups attached to an aromatic ring is 1. The zero-order valence-corrected chi connectivity index (χ0v) is 9.03. The number of alkyl halides is 1. The summed E-state index contributed by atoms with van der Waals surface area (Å²) in [6.07, 6.45) is -1.29. The van der Waals surface area contributed by atoms with Gasteiger partial charge in [-0.2, -0.15) is 4.98 Å². The van der Waals surface area contributed by atoms with Crippen molar-refractivity contribution < 1.29 is 14.6 Å². The Balaban J connectivity index is 2.32. The Morgan fingerprint density at radius 1 is 1.65 bits per heavy atom. The molecular formula is C10H14FN3O3. The molecule has 1 aliphatic rings. The first-order valence-corrected chi connectivity index (χ1v) is 5.32. The highest BCUT2D eigenvalue weighted by atomic mass is 19.1. The molecule has 0 unspecified atom stereocenters. The van der Waals surface area contributed by atoms with E-state index in [4.69, 9.17) is 10.8 Å². The van der Waals surface area contributed by atoms with E-state index < -0.39 is 29.9 Å². The van der Waals surface area contributed by atoms with Gasteiger partial charge in [-0.1, -0.05) is 0 Å². The normalized spacial score (nSPS) is 32.9. The lowest BCUT2D eigenvalue weighted by Gasteiger charge is -2.16. The van der Waals surface area contributed by atoms with E-state index in [-0.39, 0.29) is 18.8 Å². The molecule has 1 heterocycles. The molecule has 7 heteroatoms. The third kappa shape index (κ3) is 2.03. The van der Waals surface area contributed by atoms with E-state index in [1.807, 2.05) is 0 Å². The van der Waals surface area contributed by atoms with Crippen molar-refractivity contribution in [1.82, 2.24) is 9.55 Å². The number of aliphatic hydroxyl groups excluding tert-OH is 2. The molecule has 1 aromatic rings. The largest absolute Gasteiger partial charge is 0.396 e. The van der Waals surface area contributed by atoms with Crippen molar-refractivity contribution >= 4 is 5.82 Å². The Labute approximate surface area is 96.5 Å². The van der Waals surface area contributed by atoms with Gasteiger partial charge in [0.1, 0.15) is 12.0 Å². The number of aromatic nitrogens is 2. The quantitative estimate of drug-likeness (QED) is 0.623. The minimum absolute atomic E-state index is 0.0684. The van der Waals surface area contributed by atoms with Gasteiger partial charge >= 0.3 is 5.69 Å². The summed E-state index contributed by atoms with van der Waals surface area (Å²) in [5.41, 5.74) is 4.68. The molecule has 0 bridgehead atoms. The molecule has 1 aliphatic carbocycles. The number of nitrogens with zero attached hydrogens (tertiary/aromatic N) is 2. The van der Waals surface area contributed by atoms with E-state index in [0.717, 1.165) is 4.57 Å². The molecule has 0 spiro atoms. The lowest BCUT2D eigenvalue weighted by molar-refractivity contribution is 0.0395. The molecule has 17 heavy (non-hydrogen) atoms. The highest BCUT2D eigenvalue weighted by molar-refractivity contribution is 5.23. The zero-order chi connectivity index (χ0) is 12.6. The summed E-state index contributed by atoms with van der Waals surface area (Å²) >= 11 is 0. The Morgan fingerprint density at radius 2 is 2.35 bits per heavy atom. The van der Waals surface area contributed by atoms with E-state index in [1.165, 1.54) is 12.3 Å². The van der Waals surface area contributed by atoms with Crippen LogP contribution in [0.15, 0.2) is 17.1 Å². The summed E-state index contributed by atoms with van der Waals surface area (Å²) in [7, 11) is 0. The minimum Gasteiger partial charge on any atom is -0.396 e. The third-order valence-corrected chi connectivity index (χ3v) is 3.16. The average molecular weight is 243 g/mol. The fraction of sp³-hybridized carbons (Fsp3) is 0.600. The Kier molecular flexibility index (Phi) is 3.12. The van der Waals surface area contributed by atoms with Crippen LogP contribution >= 0.6 is 0 Å². The molecule has 1 aromatic heterocycles. The molecular weight excluding hydrogens is 229 g/mol. The molecule has 1 saturated carbocycles. The lowest BCUT2D eigenvalue weighted by Crippen LogP contribution is -2.32. The van der Waals surface area contributed by atoms with Crippen molar-refractivity contribution in [3.8, 4) is 0 Å². The van der Waals surface area contributed by atoms with Gasteiger partial charge in [-0.3, -0.25) is 4.57 Å². The van der Waals surface area contributed by atoms with Crippen molar-refractivity contribution in [3.63, 3.8) is 0 Å². The van der Waals surface area contributed by atoms with Gasteiger partial charge in [0, 0.05) is 18.7 Å². The number of halogens is 1. The first kappa shape index (κ1) is 12.0. The molecule has 2 rings (SSSR count). The number of hydrogen-bond acceptors (Lipinski definition) is 5. The Morgan fingerprint density at radius 3 is 2.88 bits per heavy atom. The van der Waals surface area contributed by atoms with E-state index >= 15 is 0 Å². The summed E-state index contributed by atoms with van der Waals surface area (Å²) in [6, 6.07) is 0.593. The standard InChI is InChI=1S/C10H14FN3O3/c11-8-6(3-5(4-15)9(8)16)14-2-1-7(12)13-10(14)17/h1-2,5-6,8-9,15-16H,3-4H2,(H2,12,13,17)/t5-,6-,8-,9+/m1/s1. The van der Waals surface area contributed by atoms with Gasteiger partial charge in [-0.15, -0.1) is 0 Å². The second-order valence-corrected chi connectivity index (χ2v) is 4.22. The highest BCUT2D eigenvalue weighted by Gasteiger charge is 2.43. The zero-order valence-electron chi connectivity index (χ0n) is 9.03. The van der Waals surface area contributed by atoms with Crippen LogP contribution in [-0.4, -0.2) is 38.6 Å². The monoisotopic (exact) mass is 243 g/mol. The summed E-state index contributed by atoms with van der Waals surface area (Å²) in [4.78, 5) is 15.0. The first-order valence-electron chi connectivity index (χ1n) is 5.32. The first-order chi connectivity index (χ1) is 8.04. The van der Waals surface area contributed by atoms with Crippen LogP contribution in [0, 0.1) is 5.92 Å². The number of hydrogen-bond donors (Lipinski definition) is 3. The summed E-state index contributed by atoms with van der Waals surface area (Å²) in [6.45, 7) is -0.310. The van der Waals surface area contributed by atoms with Crippen molar-refractivity contribution in [1.29, 1.82) is 0 Å². The van der Waals surface area contributed by atoms with E-state index in [9.17, 15) is 14.3 Å². The van der Waals surface area contributed by atoms with Crippen LogP contribution < -0.4 is 11.4 Å². The second kappa shape index (κ2) is 4.42. The fourth-order valence-electron chi connectivity index (χ4n) is 2.20. The van der Waals surface area contributed by atoms with Crippen LogP contribution in [0.4, 0.5) is 10.2 Å². The van der Waals surface area contributed by atoms with Crippen LogP contribution in [-0.2, 0) is 0 Å². The Bertz CT molecular complexity index is 464. The molecule has 0 radical (unpaired) electrons. The topological polar surface area (TPSA) is 101 Å². The van der Waals surface area contributed by atoms with Gasteiger partial charge in [0.2, 0.25) is 0 Å². The maximum atomic E-state index is 13.8. The molecule has 0 aliphatic heterocycles. The van der Waals surface area contributed by atoms with E-state index in [1.54, 1.807) is 0 Å². The van der Waals surface area contributed by atoms with Gasteiger partial charge < -0.3 is 15.9 Å². The van der Waals surface area contributed by atoms with Crippen LogP contribution in [0.3, 0.4) is 0 Å². The molecule has 6 nitrogen and oxygen atoms in total. The minimum atomic E-state index is -1.59. The third-order valence-electron chi connectivity index (χ3n) is 3.16. The van der Waals surface area contributed by atoms with Gasteiger partial charge in [0.05, 0.1) is 12.1 Å². The maximum Gasteiger partial charge on any atom is 0.349 e. The SMILES string of the molecule is Nc1ccn([C@@H]2C[C@H](CO)[C@H](O)[C@@H]2F)c(=O)n1. The average Bonchev–Trinajstić information content (AvgIpc) is 2.57. The number of rotatable bonds is 2. The van der Waals surface area contributed by atoms with Crippen LogP contribution in [0.2, 0.25) is 0 Å². The van der Waals surface area contributed by atoms with Crippen molar-refractivity contribution in [2.24, 2.45) is 5.92 Å². The van der Waals surface area contributed by atoms with Gasteiger partial charge in [0.25, 0.3) is 0 Å². The lowest BCUT2D eigenvalue weighted by atomic mass is 10.1. The predicted octanol–water partition coefficient (Wildman–Crippen LogP) is -0.922. The van der Waals surface area contributed by atoms with E-state index in [2.05, 4.69) is 4.98 Å². The fourth-order valence-corrected chi connectivity index (χ4v) is 2.20. The molecule has 1 fully saturated rings. The molecule has 0 saturated heterocycles. The van der Waals surface area contributed by atoms with E-state index in [0.29, 0.717) is 0 Å². The van der Waals surface area contributed by atoms with Crippen LogP contribution in [0.25, 0.3) is 0 Å². The van der Waals surface area contributed by atoms with Gasteiger partial charge in [-0.25, -0.2) is 9.18 Å². The summed E-state index contributed by atoms with van der Waals surface area (Å²) < 4.78 is 14.9. The Hall–Kier alpha value is -1.47. The van der Waals surface area contributed by atoms with Crippen molar-refractivity contribution in [2.75, 3.05) is 12.3 Å². The van der Waals surface area contributed by atoms with Crippen LogP contribution in [0.5, 0.6) is 0 Å². The predicted molar refractivity (Wildman–Crippen MR) is 58.0 cm³/mol. The number of nitrogens with two attached hydrogens (primary N) is 1. The molecule has 4 N–H and O–H groups in total. The molecule has 0 aromatic carbocycles. The second-order valence-electron chi connectivity index (χ2n) is 4.22. The summed E-state index contributed by atoms with van der Waals surface area (Å²) in [5.74, 6) is -0.488. The maximum absolute atomic E-state index is 13.8. The number of aliphatic hydroxyl groups is 2. The summed E-state index contributed by atoms with van der Waals surface area (Å²) in [5, 5.41) is 18.5. The van der Waals surface area contributed by atoms with Gasteiger partial charge in [-0.05, 0) is 12.5 Å². The molecule has 0 amide bonds. The highest BCUT2D eigenvalue weighted by Crippen LogP contribution is 2.36. The van der Waals surface area contributed by atoms with Crippen LogP contribution in [0.1, 0.15) is 12.5 Å². The van der Waals surface area contributed by atoms with Crippen molar-refractivity contribution in [2.45, 2.75) is 24.7 Å². The van der Waals surface area contributed by atoms with Crippen molar-refractivity contribution in [3.05, 3.63) is 22.7 Å². The molecule has 94 valence electrons.